The average Bonchev–Trinajstić information content (AvgIpc) is 3.53. The van der Waals surface area contributed by atoms with Crippen LogP contribution in [0.3, 0.4) is 0 Å². The van der Waals surface area contributed by atoms with Gasteiger partial charge in [0.1, 0.15) is 0 Å². The van der Waals surface area contributed by atoms with Gasteiger partial charge in [-0.25, -0.2) is 0 Å². The topological polar surface area (TPSA) is 0 Å². The summed E-state index contributed by atoms with van der Waals surface area (Å²) < 4.78 is 0. The molecule has 0 heteroatoms. The summed E-state index contributed by atoms with van der Waals surface area (Å²) in [6, 6.07) is 0. The van der Waals surface area contributed by atoms with E-state index in [0.29, 0.717) is 0 Å². The molecular formula is C34H68. The molecule has 0 aliphatic heterocycles. The molecule has 4 saturated carbocycles. The van der Waals surface area contributed by atoms with Crippen molar-refractivity contribution in [1.29, 1.82) is 0 Å². The number of hydrogen-bond acceptors (Lipinski definition) is 0. The molecule has 204 valence electrons. The van der Waals surface area contributed by atoms with E-state index in [2.05, 4.69) is 83.1 Å². The summed E-state index contributed by atoms with van der Waals surface area (Å²) in [5, 5.41) is 0. The lowest BCUT2D eigenvalue weighted by atomic mass is 9.90. The first-order valence-electron chi connectivity index (χ1n) is 15.6. The third-order valence-corrected chi connectivity index (χ3v) is 9.80. The van der Waals surface area contributed by atoms with Crippen LogP contribution in [0.1, 0.15) is 173 Å². The minimum atomic E-state index is 0.772. The average molecular weight is 477 g/mol. The fourth-order valence-electron chi connectivity index (χ4n) is 5.75. The summed E-state index contributed by atoms with van der Waals surface area (Å²) in [6.07, 6.45) is 20.5. The SMILES string of the molecule is CC(C)CC1(C)CC1.CC(C)CCC1(C)CC1.CCC1(C(C)C)CC1.CCC1(CC(C)C)CC1. The Hall–Kier alpha value is 0. The molecule has 0 spiro atoms. The molecule has 0 aromatic carbocycles. The lowest BCUT2D eigenvalue weighted by Gasteiger charge is -2.15. The van der Waals surface area contributed by atoms with Crippen LogP contribution >= 0.6 is 0 Å². The predicted octanol–water partition coefficient (Wildman–Crippen LogP) is 12.1. The molecule has 4 fully saturated rings. The molecule has 4 rings (SSSR count). The standard InChI is InChI=1S/2C9H18.2C8H16/c1-8(2)4-5-9(3)6-7-9;1-4-9(5-6-9)7-8(2)3;1-7(2)6-8(3)4-5-8;1-4-8(5-6-8)7(2)3/h2*8H,4-7H2,1-3H3;2*7H,4-6H2,1-3H3. The quantitative estimate of drug-likeness (QED) is 0.294. The summed E-state index contributed by atoms with van der Waals surface area (Å²) in [5.41, 5.74) is 3.16. The molecule has 0 aromatic rings. The molecule has 34 heavy (non-hydrogen) atoms. The predicted molar refractivity (Wildman–Crippen MR) is 156 cm³/mol. The zero-order chi connectivity index (χ0) is 26.2. The molecule has 4 aliphatic rings. The fraction of sp³-hybridized carbons (Fsp3) is 1.00. The van der Waals surface area contributed by atoms with Crippen LogP contribution in [0.5, 0.6) is 0 Å². The zero-order valence-corrected chi connectivity index (χ0v) is 26.2. The van der Waals surface area contributed by atoms with Crippen LogP contribution in [0, 0.1) is 45.3 Å². The molecule has 4 aliphatic carbocycles. The van der Waals surface area contributed by atoms with Gasteiger partial charge in [0.15, 0.2) is 0 Å². The Labute approximate surface area is 218 Å². The zero-order valence-electron chi connectivity index (χ0n) is 26.2. The molecule has 0 radical (unpaired) electrons. The van der Waals surface area contributed by atoms with Gasteiger partial charge in [-0.05, 0) is 116 Å². The third kappa shape index (κ3) is 13.3. The Bertz CT molecular complexity index is 532. The van der Waals surface area contributed by atoms with Gasteiger partial charge in [0.2, 0.25) is 0 Å². The van der Waals surface area contributed by atoms with Crippen molar-refractivity contribution >= 4 is 0 Å². The molecule has 0 heterocycles. The highest BCUT2D eigenvalue weighted by atomic mass is 14.5. The van der Waals surface area contributed by atoms with E-state index in [0.717, 1.165) is 45.3 Å². The molecule has 0 bridgehead atoms. The van der Waals surface area contributed by atoms with Crippen molar-refractivity contribution in [2.24, 2.45) is 45.3 Å². The Morgan fingerprint density at radius 2 is 1.00 bits per heavy atom. The molecule has 0 nitrogen and oxygen atoms in total. The molecule has 0 unspecified atom stereocenters. The van der Waals surface area contributed by atoms with Crippen molar-refractivity contribution < 1.29 is 0 Å². The van der Waals surface area contributed by atoms with E-state index in [9.17, 15) is 0 Å². The van der Waals surface area contributed by atoms with Gasteiger partial charge in [-0.1, -0.05) is 102 Å². The highest BCUT2D eigenvalue weighted by Gasteiger charge is 2.43. The molecule has 0 atom stereocenters. The Balaban J connectivity index is 0.000000227. The Kier molecular flexibility index (Phi) is 12.7. The summed E-state index contributed by atoms with van der Waals surface area (Å²) >= 11 is 0. The van der Waals surface area contributed by atoms with Gasteiger partial charge in [-0.2, -0.15) is 0 Å². The van der Waals surface area contributed by atoms with Crippen LogP contribution in [0.2, 0.25) is 0 Å². The second-order valence-electron chi connectivity index (χ2n) is 15.5. The van der Waals surface area contributed by atoms with Gasteiger partial charge < -0.3 is 0 Å². The molecule has 0 saturated heterocycles. The highest BCUT2D eigenvalue weighted by molar-refractivity contribution is 4.94. The monoisotopic (exact) mass is 477 g/mol. The van der Waals surface area contributed by atoms with Crippen LogP contribution in [0.4, 0.5) is 0 Å². The Morgan fingerprint density at radius 1 is 0.529 bits per heavy atom. The molecule has 0 N–H and O–H groups in total. The Morgan fingerprint density at radius 3 is 1.15 bits per heavy atom. The van der Waals surface area contributed by atoms with Crippen molar-refractivity contribution in [2.75, 3.05) is 0 Å². The maximum absolute atomic E-state index is 2.41. The highest BCUT2D eigenvalue weighted by Crippen LogP contribution is 2.54. The largest absolute Gasteiger partial charge is 0.0649 e. The van der Waals surface area contributed by atoms with Gasteiger partial charge in [0.25, 0.3) is 0 Å². The summed E-state index contributed by atoms with van der Waals surface area (Å²) in [7, 11) is 0. The van der Waals surface area contributed by atoms with Crippen LogP contribution in [-0.2, 0) is 0 Å². The van der Waals surface area contributed by atoms with E-state index < -0.39 is 0 Å². The van der Waals surface area contributed by atoms with Gasteiger partial charge in [-0.3, -0.25) is 0 Å². The lowest BCUT2D eigenvalue weighted by Crippen LogP contribution is -2.06. The first kappa shape index (κ1) is 32.0. The van der Waals surface area contributed by atoms with E-state index in [-0.39, 0.29) is 0 Å². The summed E-state index contributed by atoms with van der Waals surface area (Å²) in [6.45, 7) is 28.0. The van der Waals surface area contributed by atoms with Crippen molar-refractivity contribution in [3.8, 4) is 0 Å². The van der Waals surface area contributed by atoms with Crippen LogP contribution in [-0.4, -0.2) is 0 Å². The summed E-state index contributed by atoms with van der Waals surface area (Å²) in [4.78, 5) is 0. The van der Waals surface area contributed by atoms with E-state index in [1.54, 1.807) is 0 Å². The molecular weight excluding hydrogens is 408 g/mol. The van der Waals surface area contributed by atoms with E-state index >= 15 is 0 Å². The van der Waals surface area contributed by atoms with Crippen molar-refractivity contribution in [2.45, 2.75) is 173 Å². The maximum Gasteiger partial charge on any atom is -0.0277 e. The van der Waals surface area contributed by atoms with E-state index in [1.165, 1.54) is 89.9 Å². The normalized spacial score (nSPS) is 23.3. The fourth-order valence-corrected chi connectivity index (χ4v) is 5.75. The van der Waals surface area contributed by atoms with Gasteiger partial charge in [0, 0.05) is 0 Å². The maximum atomic E-state index is 2.41. The van der Waals surface area contributed by atoms with Crippen LogP contribution in [0.15, 0.2) is 0 Å². The lowest BCUT2D eigenvalue weighted by molar-refractivity contribution is 0.347. The minimum absolute atomic E-state index is 0.772. The van der Waals surface area contributed by atoms with Gasteiger partial charge in [0.05, 0.1) is 0 Å². The van der Waals surface area contributed by atoms with Crippen molar-refractivity contribution in [3.63, 3.8) is 0 Å². The summed E-state index contributed by atoms with van der Waals surface area (Å²) in [5.74, 6) is 3.64. The number of rotatable bonds is 10. The first-order chi connectivity index (χ1) is 15.6. The first-order valence-corrected chi connectivity index (χ1v) is 15.6. The third-order valence-electron chi connectivity index (χ3n) is 9.80. The number of hydrogen-bond donors (Lipinski definition) is 0. The van der Waals surface area contributed by atoms with E-state index in [1.807, 2.05) is 0 Å². The van der Waals surface area contributed by atoms with E-state index in [4.69, 9.17) is 0 Å². The smallest absolute Gasteiger partial charge is 0.0277 e. The second-order valence-corrected chi connectivity index (χ2v) is 15.5. The van der Waals surface area contributed by atoms with Crippen molar-refractivity contribution in [1.82, 2.24) is 0 Å². The molecule has 0 amide bonds. The van der Waals surface area contributed by atoms with Crippen molar-refractivity contribution in [3.05, 3.63) is 0 Å². The van der Waals surface area contributed by atoms with Gasteiger partial charge in [-0.15, -0.1) is 0 Å². The molecule has 0 aromatic heterocycles. The van der Waals surface area contributed by atoms with Crippen LogP contribution in [0.25, 0.3) is 0 Å². The van der Waals surface area contributed by atoms with Gasteiger partial charge >= 0.3 is 0 Å². The second kappa shape index (κ2) is 13.5. The van der Waals surface area contributed by atoms with Crippen LogP contribution < -0.4 is 0 Å². The minimum Gasteiger partial charge on any atom is -0.0649 e.